The van der Waals surface area contributed by atoms with Crippen LogP contribution in [0.15, 0.2) is 18.2 Å². The molecule has 0 aromatic heterocycles. The van der Waals surface area contributed by atoms with Gasteiger partial charge in [-0.25, -0.2) is 4.79 Å². The number of rotatable bonds is 5. The van der Waals surface area contributed by atoms with Crippen LogP contribution in [0.5, 0.6) is 5.75 Å². The zero-order valence-corrected chi connectivity index (χ0v) is 11.4. The molecule has 20 heavy (non-hydrogen) atoms. The molecule has 1 heterocycles. The van der Waals surface area contributed by atoms with Crippen molar-refractivity contribution in [1.82, 2.24) is 5.32 Å². The van der Waals surface area contributed by atoms with Gasteiger partial charge in [0.2, 0.25) is 5.91 Å². The number of carboxylic acid groups (broad SMARTS) is 1. The van der Waals surface area contributed by atoms with Crippen molar-refractivity contribution in [3.8, 4) is 5.75 Å². The van der Waals surface area contributed by atoms with E-state index in [1.54, 1.807) is 6.07 Å². The number of para-hydroxylation sites is 1. The van der Waals surface area contributed by atoms with Crippen LogP contribution >= 0.6 is 0 Å². The van der Waals surface area contributed by atoms with Crippen LogP contribution in [0.1, 0.15) is 23.7 Å². The lowest BCUT2D eigenvalue weighted by Crippen LogP contribution is -2.36. The minimum atomic E-state index is -1.01. The number of aromatic carboxylic acids is 1. The zero-order valence-electron chi connectivity index (χ0n) is 11.4. The van der Waals surface area contributed by atoms with Gasteiger partial charge in [-0.05, 0) is 19.1 Å². The molecule has 0 saturated heterocycles. The Hall–Kier alpha value is -2.24. The van der Waals surface area contributed by atoms with Gasteiger partial charge in [0.25, 0.3) is 0 Å². The van der Waals surface area contributed by atoms with Gasteiger partial charge in [-0.15, -0.1) is 0 Å². The maximum atomic E-state index is 11.5. The largest absolute Gasteiger partial charge is 0.489 e. The summed E-state index contributed by atoms with van der Waals surface area (Å²) in [6.45, 7) is 4.11. The van der Waals surface area contributed by atoms with Crippen LogP contribution in [0, 0.1) is 0 Å². The average molecular weight is 278 g/mol. The number of fused-ring (bicyclic) bond motifs is 1. The number of benzene rings is 1. The Bertz CT molecular complexity index is 516. The maximum absolute atomic E-state index is 11.5. The number of nitrogens with zero attached hydrogens (tertiary/aromatic N) is 1. The van der Waals surface area contributed by atoms with Gasteiger partial charge in [-0.3, -0.25) is 4.79 Å². The number of carboxylic acids is 1. The van der Waals surface area contributed by atoms with Crippen LogP contribution in [0.3, 0.4) is 0 Å². The SMILES string of the molecule is CCNC(=O)CCN1CCOc2c(C(=O)O)cccc21. The van der Waals surface area contributed by atoms with E-state index in [4.69, 9.17) is 9.84 Å². The molecule has 2 rings (SSSR count). The Morgan fingerprint density at radius 1 is 1.45 bits per heavy atom. The molecule has 0 spiro atoms. The maximum Gasteiger partial charge on any atom is 0.339 e. The van der Waals surface area contributed by atoms with Gasteiger partial charge >= 0.3 is 5.97 Å². The van der Waals surface area contributed by atoms with Crippen LogP contribution in [0.4, 0.5) is 5.69 Å². The Balaban J connectivity index is 2.14. The van der Waals surface area contributed by atoms with E-state index in [9.17, 15) is 9.59 Å². The highest BCUT2D eigenvalue weighted by Gasteiger charge is 2.23. The number of anilines is 1. The Kier molecular flexibility index (Phi) is 4.45. The van der Waals surface area contributed by atoms with E-state index < -0.39 is 5.97 Å². The molecule has 0 fully saturated rings. The van der Waals surface area contributed by atoms with Crippen LogP contribution in [0.25, 0.3) is 0 Å². The highest BCUT2D eigenvalue weighted by atomic mass is 16.5. The Morgan fingerprint density at radius 2 is 2.25 bits per heavy atom. The van der Waals surface area contributed by atoms with Crippen LogP contribution in [0.2, 0.25) is 0 Å². The number of carbonyl (C=O) groups is 2. The highest BCUT2D eigenvalue weighted by molar-refractivity contribution is 5.93. The van der Waals surface area contributed by atoms with Crippen molar-refractivity contribution in [3.05, 3.63) is 23.8 Å². The molecular weight excluding hydrogens is 260 g/mol. The fourth-order valence-electron chi connectivity index (χ4n) is 2.23. The summed E-state index contributed by atoms with van der Waals surface area (Å²) in [5, 5.41) is 11.9. The lowest BCUT2D eigenvalue weighted by molar-refractivity contribution is -0.120. The normalized spacial score (nSPS) is 13.3. The van der Waals surface area contributed by atoms with Crippen molar-refractivity contribution in [1.29, 1.82) is 0 Å². The molecule has 0 atom stereocenters. The second-order valence-electron chi connectivity index (χ2n) is 4.50. The minimum absolute atomic E-state index is 0.00469. The van der Waals surface area contributed by atoms with Crippen LogP contribution < -0.4 is 15.0 Å². The second-order valence-corrected chi connectivity index (χ2v) is 4.50. The van der Waals surface area contributed by atoms with E-state index in [1.165, 1.54) is 6.07 Å². The molecule has 0 unspecified atom stereocenters. The first-order valence-corrected chi connectivity index (χ1v) is 6.64. The van der Waals surface area contributed by atoms with Gasteiger partial charge in [0.05, 0.1) is 12.2 Å². The third kappa shape index (κ3) is 3.01. The minimum Gasteiger partial charge on any atom is -0.489 e. The molecule has 1 aliphatic rings. The van der Waals surface area contributed by atoms with Crippen molar-refractivity contribution >= 4 is 17.6 Å². The van der Waals surface area contributed by atoms with E-state index in [0.717, 1.165) is 5.69 Å². The third-order valence-corrected chi connectivity index (χ3v) is 3.16. The van der Waals surface area contributed by atoms with Crippen molar-refractivity contribution in [2.24, 2.45) is 0 Å². The van der Waals surface area contributed by atoms with Crippen LogP contribution in [-0.4, -0.2) is 43.2 Å². The molecule has 1 amide bonds. The summed E-state index contributed by atoms with van der Waals surface area (Å²) in [7, 11) is 0. The fraction of sp³-hybridized carbons (Fsp3) is 0.429. The van der Waals surface area contributed by atoms with E-state index in [-0.39, 0.29) is 11.5 Å². The van der Waals surface area contributed by atoms with Crippen molar-refractivity contribution < 1.29 is 19.4 Å². The monoisotopic (exact) mass is 278 g/mol. The molecule has 108 valence electrons. The number of hydrogen-bond acceptors (Lipinski definition) is 4. The van der Waals surface area contributed by atoms with E-state index in [0.29, 0.717) is 38.4 Å². The fourth-order valence-corrected chi connectivity index (χ4v) is 2.23. The number of hydrogen-bond donors (Lipinski definition) is 2. The predicted octanol–water partition coefficient (Wildman–Crippen LogP) is 1.11. The summed E-state index contributed by atoms with van der Waals surface area (Å²) in [6, 6.07) is 5.03. The first-order chi connectivity index (χ1) is 9.63. The van der Waals surface area contributed by atoms with Crippen LogP contribution in [-0.2, 0) is 4.79 Å². The number of ether oxygens (including phenoxy) is 1. The van der Waals surface area contributed by atoms with Gasteiger partial charge in [0.1, 0.15) is 12.2 Å². The molecule has 1 aromatic carbocycles. The van der Waals surface area contributed by atoms with E-state index in [1.807, 2.05) is 17.9 Å². The second kappa shape index (κ2) is 6.27. The molecule has 0 aliphatic carbocycles. The van der Waals surface area contributed by atoms with Gasteiger partial charge in [-0.2, -0.15) is 0 Å². The molecule has 6 heteroatoms. The Morgan fingerprint density at radius 3 is 2.95 bits per heavy atom. The first kappa shape index (κ1) is 14.2. The molecule has 0 bridgehead atoms. The highest BCUT2D eigenvalue weighted by Crippen LogP contribution is 2.34. The quantitative estimate of drug-likeness (QED) is 0.843. The van der Waals surface area contributed by atoms with E-state index >= 15 is 0 Å². The molecule has 1 aromatic rings. The molecule has 2 N–H and O–H groups in total. The van der Waals surface area contributed by atoms with Crippen molar-refractivity contribution in [2.75, 3.05) is 31.1 Å². The Labute approximate surface area is 117 Å². The predicted molar refractivity (Wildman–Crippen MR) is 74.4 cm³/mol. The number of carbonyl (C=O) groups excluding carboxylic acids is 1. The summed E-state index contributed by atoms with van der Waals surface area (Å²) in [5.41, 5.74) is 0.894. The molecule has 6 nitrogen and oxygen atoms in total. The average Bonchev–Trinajstić information content (AvgIpc) is 2.44. The van der Waals surface area contributed by atoms with Gasteiger partial charge in [0.15, 0.2) is 5.75 Å². The van der Waals surface area contributed by atoms with Gasteiger partial charge < -0.3 is 20.1 Å². The lowest BCUT2D eigenvalue weighted by Gasteiger charge is -2.31. The standard InChI is InChI=1S/C14H18N2O4/c1-2-15-12(17)6-7-16-8-9-20-13-10(14(18)19)4-3-5-11(13)16/h3-5H,2,6-9H2,1H3,(H,15,17)(H,18,19). The van der Waals surface area contributed by atoms with Crippen molar-refractivity contribution in [3.63, 3.8) is 0 Å². The summed E-state index contributed by atoms with van der Waals surface area (Å²) in [5.74, 6) is -0.621. The summed E-state index contributed by atoms with van der Waals surface area (Å²) in [4.78, 5) is 24.7. The van der Waals surface area contributed by atoms with Crippen molar-refractivity contribution in [2.45, 2.75) is 13.3 Å². The summed E-state index contributed by atoms with van der Waals surface area (Å²) < 4.78 is 5.48. The zero-order chi connectivity index (χ0) is 14.5. The lowest BCUT2D eigenvalue weighted by atomic mass is 10.1. The third-order valence-electron chi connectivity index (χ3n) is 3.16. The summed E-state index contributed by atoms with van der Waals surface area (Å²) >= 11 is 0. The molecule has 0 radical (unpaired) electrons. The van der Waals surface area contributed by atoms with E-state index in [2.05, 4.69) is 5.32 Å². The number of nitrogens with one attached hydrogen (secondary N) is 1. The smallest absolute Gasteiger partial charge is 0.339 e. The first-order valence-electron chi connectivity index (χ1n) is 6.64. The molecular formula is C14H18N2O4. The number of amides is 1. The molecule has 1 aliphatic heterocycles. The van der Waals surface area contributed by atoms with Gasteiger partial charge in [-0.1, -0.05) is 6.07 Å². The summed E-state index contributed by atoms with van der Waals surface area (Å²) in [6.07, 6.45) is 0.380. The topological polar surface area (TPSA) is 78.9 Å². The van der Waals surface area contributed by atoms with Gasteiger partial charge in [0, 0.05) is 19.5 Å². The molecule has 0 saturated carbocycles.